The van der Waals surface area contributed by atoms with Crippen molar-refractivity contribution in [2.75, 3.05) is 0 Å². The zero-order chi connectivity index (χ0) is 20.3. The fourth-order valence-electron chi connectivity index (χ4n) is 3.22. The molecule has 3 rings (SSSR count). The highest BCUT2D eigenvalue weighted by atomic mass is 32.2. The highest BCUT2D eigenvalue weighted by Gasteiger charge is 2.23. The van der Waals surface area contributed by atoms with Crippen molar-refractivity contribution in [2.45, 2.75) is 66.2 Å². The Kier molecular flexibility index (Phi) is 7.34. The van der Waals surface area contributed by atoms with Crippen LogP contribution in [0.4, 0.5) is 0 Å². The van der Waals surface area contributed by atoms with Crippen molar-refractivity contribution in [3.63, 3.8) is 0 Å². The van der Waals surface area contributed by atoms with Gasteiger partial charge in [0.05, 0.1) is 13.3 Å². The second-order valence-corrected chi connectivity index (χ2v) is 11.4. The van der Waals surface area contributed by atoms with Crippen LogP contribution in [-0.4, -0.2) is 0 Å². The molecule has 0 atom stereocenters. The Labute approximate surface area is 183 Å². The molecule has 1 aliphatic rings. The van der Waals surface area contributed by atoms with Gasteiger partial charge in [0, 0.05) is 19.2 Å². The average Bonchev–Trinajstić information content (AvgIpc) is 3.34. The Morgan fingerprint density at radius 2 is 1.36 bits per heavy atom. The number of thioether (sulfide) groups is 2. The van der Waals surface area contributed by atoms with Crippen molar-refractivity contribution in [1.29, 1.82) is 10.5 Å². The van der Waals surface area contributed by atoms with E-state index in [1.807, 2.05) is 53.9 Å². The molecule has 28 heavy (non-hydrogen) atoms. The highest BCUT2D eigenvalue weighted by molar-refractivity contribution is 8.35. The molecule has 2 nitrogen and oxygen atoms in total. The zero-order valence-electron chi connectivity index (χ0n) is 16.8. The predicted octanol–water partition coefficient (Wildman–Crippen LogP) is 6.92. The number of nitriles is 2. The lowest BCUT2D eigenvalue weighted by Gasteiger charge is -2.03. The molecule has 0 saturated heterocycles. The summed E-state index contributed by atoms with van der Waals surface area (Å²) in [5.41, 5.74) is 2.61. The Morgan fingerprint density at radius 3 is 1.82 bits per heavy atom. The topological polar surface area (TPSA) is 47.6 Å². The van der Waals surface area contributed by atoms with Crippen molar-refractivity contribution < 1.29 is 0 Å². The third-order valence-corrected chi connectivity index (χ3v) is 10.9. The van der Waals surface area contributed by atoms with E-state index in [-0.39, 0.29) is 5.57 Å². The molecule has 0 unspecified atom stereocenters. The van der Waals surface area contributed by atoms with Gasteiger partial charge in [-0.25, -0.2) is 0 Å². The van der Waals surface area contributed by atoms with Crippen LogP contribution in [0.3, 0.4) is 0 Å². The number of hydrogen-bond donors (Lipinski definition) is 0. The summed E-state index contributed by atoms with van der Waals surface area (Å²) in [6.07, 6.45) is 7.37. The molecule has 2 aromatic heterocycles. The Morgan fingerprint density at radius 1 is 0.821 bits per heavy atom. The quantitative estimate of drug-likeness (QED) is 0.485. The van der Waals surface area contributed by atoms with Crippen LogP contribution in [0.1, 0.15) is 63.5 Å². The molecule has 6 heteroatoms. The number of hydrogen-bond acceptors (Lipinski definition) is 6. The first kappa shape index (κ1) is 21.5. The number of rotatable bonds is 6. The average molecular weight is 445 g/mol. The molecule has 3 heterocycles. The van der Waals surface area contributed by atoms with Gasteiger partial charge in [0.25, 0.3) is 0 Å². The summed E-state index contributed by atoms with van der Waals surface area (Å²) in [7, 11) is 0. The monoisotopic (exact) mass is 444 g/mol. The van der Waals surface area contributed by atoms with Crippen molar-refractivity contribution in [1.82, 2.24) is 0 Å². The van der Waals surface area contributed by atoms with Gasteiger partial charge in [-0.1, -0.05) is 50.2 Å². The lowest BCUT2D eigenvalue weighted by atomic mass is 10.2. The lowest BCUT2D eigenvalue weighted by Crippen LogP contribution is -2.02. The number of unbranched alkanes of at least 4 members (excludes halogenated alkanes) is 2. The van der Waals surface area contributed by atoms with Gasteiger partial charge in [-0.05, 0) is 50.7 Å². The molecule has 0 N–H and O–H groups in total. The molecule has 0 bridgehead atoms. The van der Waals surface area contributed by atoms with E-state index in [0.717, 1.165) is 10.1 Å². The molecule has 0 saturated carbocycles. The lowest BCUT2D eigenvalue weighted by molar-refractivity contribution is 0.784. The number of aryl methyl sites for hydroxylation is 2. The fourth-order valence-corrected chi connectivity index (χ4v) is 9.18. The van der Waals surface area contributed by atoms with Gasteiger partial charge in [-0.2, -0.15) is 10.5 Å². The molecule has 0 spiro atoms. The van der Waals surface area contributed by atoms with Crippen LogP contribution in [0.2, 0.25) is 0 Å². The molecule has 1 aliphatic heterocycles. The fraction of sp³-hybridized carbons (Fsp3) is 0.455. The van der Waals surface area contributed by atoms with Gasteiger partial charge in [0.15, 0.2) is 0 Å². The van der Waals surface area contributed by atoms with E-state index in [2.05, 4.69) is 20.8 Å². The second-order valence-electron chi connectivity index (χ2n) is 6.91. The number of fused-ring (bicyclic) bond motifs is 1. The molecular weight excluding hydrogens is 421 g/mol. The van der Waals surface area contributed by atoms with E-state index in [1.165, 1.54) is 62.3 Å². The first-order valence-corrected chi connectivity index (χ1v) is 13.0. The summed E-state index contributed by atoms with van der Waals surface area (Å²) in [5.74, 6) is 0. The molecular formula is C22H24N2S4. The molecule has 0 aliphatic carbocycles. The van der Waals surface area contributed by atoms with Gasteiger partial charge in [0.2, 0.25) is 0 Å². The van der Waals surface area contributed by atoms with Gasteiger partial charge in [0.1, 0.15) is 17.7 Å². The smallest absolute Gasteiger partial charge is 0.147 e. The van der Waals surface area contributed by atoms with E-state index >= 15 is 0 Å². The van der Waals surface area contributed by atoms with Crippen LogP contribution in [0.25, 0.3) is 19.2 Å². The van der Waals surface area contributed by atoms with Crippen LogP contribution in [-0.2, 0) is 0 Å². The normalized spacial score (nSPS) is 14.0. The van der Waals surface area contributed by atoms with Crippen LogP contribution in [0.5, 0.6) is 0 Å². The first-order chi connectivity index (χ1) is 13.5. The van der Waals surface area contributed by atoms with E-state index in [4.69, 9.17) is 0 Å². The van der Waals surface area contributed by atoms with Crippen LogP contribution in [0.15, 0.2) is 9.81 Å². The SMILES string of the molecule is CCCCC1=C(CCCC)SC(=c2sc3c(C)c(=C(C#N)C#N)sc3c2C)S1. The first-order valence-electron chi connectivity index (χ1n) is 9.70. The van der Waals surface area contributed by atoms with Gasteiger partial charge >= 0.3 is 0 Å². The Bertz CT molecular complexity index is 1090. The Balaban J connectivity index is 2.08. The molecule has 0 aromatic carbocycles. The zero-order valence-corrected chi connectivity index (χ0v) is 20.0. The van der Waals surface area contributed by atoms with Crippen molar-refractivity contribution in [3.05, 3.63) is 30.0 Å². The third kappa shape index (κ3) is 4.07. The minimum absolute atomic E-state index is 0.231. The van der Waals surface area contributed by atoms with Gasteiger partial charge < -0.3 is 0 Å². The molecule has 2 aromatic rings. The maximum atomic E-state index is 9.25. The standard InChI is InChI=1S/C22H24N2S4/c1-5-7-9-16-17(10-8-6-2)26-22(25-16)21-14(4)20-19(28-21)13(3)18(27-20)15(11-23)12-24/h5-10H2,1-4H3. The van der Waals surface area contributed by atoms with E-state index in [9.17, 15) is 10.5 Å². The highest BCUT2D eigenvalue weighted by Crippen LogP contribution is 2.53. The summed E-state index contributed by atoms with van der Waals surface area (Å²) >= 11 is 7.40. The van der Waals surface area contributed by atoms with Crippen LogP contribution < -0.4 is 9.06 Å². The minimum Gasteiger partial charge on any atom is -0.192 e. The summed E-state index contributed by atoms with van der Waals surface area (Å²) in [6.45, 7) is 8.75. The third-order valence-electron chi connectivity index (χ3n) is 4.87. The largest absolute Gasteiger partial charge is 0.192 e. The summed E-state index contributed by atoms with van der Waals surface area (Å²) in [5, 5.41) is 18.5. The number of nitrogens with zero attached hydrogens (tertiary/aromatic N) is 2. The molecule has 0 radical (unpaired) electrons. The van der Waals surface area contributed by atoms with Crippen LogP contribution in [0, 0.1) is 36.5 Å². The number of thiophene rings is 2. The predicted molar refractivity (Wildman–Crippen MR) is 128 cm³/mol. The maximum Gasteiger partial charge on any atom is 0.147 e. The minimum atomic E-state index is 0.231. The maximum absolute atomic E-state index is 9.25. The molecule has 0 fully saturated rings. The number of allylic oxidation sites excluding steroid dienone is 2. The molecule has 146 valence electrons. The van der Waals surface area contributed by atoms with Crippen LogP contribution >= 0.6 is 46.2 Å². The van der Waals surface area contributed by atoms with Crippen molar-refractivity contribution >= 4 is 65.4 Å². The summed E-state index contributed by atoms with van der Waals surface area (Å²) in [6, 6.07) is 4.10. The Hall–Kier alpha value is -1.18. The second kappa shape index (κ2) is 9.55. The van der Waals surface area contributed by atoms with Gasteiger partial charge in [-0.15, -0.1) is 22.7 Å². The van der Waals surface area contributed by atoms with Crippen molar-refractivity contribution in [3.8, 4) is 12.1 Å². The van der Waals surface area contributed by atoms with E-state index in [0.29, 0.717) is 0 Å². The van der Waals surface area contributed by atoms with E-state index in [1.54, 1.807) is 21.1 Å². The van der Waals surface area contributed by atoms with E-state index < -0.39 is 0 Å². The molecule has 0 amide bonds. The summed E-state index contributed by atoms with van der Waals surface area (Å²) < 4.78 is 6.11. The summed E-state index contributed by atoms with van der Waals surface area (Å²) in [4.78, 5) is 3.15. The van der Waals surface area contributed by atoms with Gasteiger partial charge in [-0.3, -0.25) is 0 Å². The van der Waals surface area contributed by atoms with Crippen molar-refractivity contribution in [2.24, 2.45) is 0 Å².